The summed E-state index contributed by atoms with van der Waals surface area (Å²) in [7, 11) is 0. The molecule has 2 aromatic rings. The van der Waals surface area contributed by atoms with Crippen LogP contribution in [0.3, 0.4) is 0 Å². The molecule has 6 nitrogen and oxygen atoms in total. The number of benzene rings is 2. The monoisotopic (exact) mass is 408 g/mol. The molecule has 30 heavy (non-hydrogen) atoms. The van der Waals surface area contributed by atoms with E-state index in [9.17, 15) is 9.59 Å². The number of carbonyl (C=O) groups excluding carboxylic acids is 2. The molecule has 1 fully saturated rings. The van der Waals surface area contributed by atoms with Crippen molar-refractivity contribution in [3.63, 3.8) is 0 Å². The van der Waals surface area contributed by atoms with Crippen LogP contribution >= 0.6 is 0 Å². The third-order valence-corrected chi connectivity index (χ3v) is 5.43. The van der Waals surface area contributed by atoms with Crippen molar-refractivity contribution >= 4 is 23.3 Å². The maximum atomic E-state index is 12.1. The number of piperidine rings is 1. The molecule has 1 saturated heterocycles. The molecular weight excluding hydrogens is 376 g/mol. The van der Waals surface area contributed by atoms with Crippen LogP contribution in [-0.2, 0) is 11.2 Å². The number of hydrogen-bond donors (Lipinski definition) is 4. The Morgan fingerprint density at radius 1 is 1.03 bits per heavy atom. The molecule has 4 N–H and O–H groups in total. The van der Waals surface area contributed by atoms with E-state index in [1.807, 2.05) is 0 Å². The molecule has 1 heterocycles. The summed E-state index contributed by atoms with van der Waals surface area (Å²) in [6.07, 6.45) is 5.57. The van der Waals surface area contributed by atoms with Crippen molar-refractivity contribution in [2.45, 2.75) is 45.1 Å². The standard InChI is InChI=1S/C24H32N4O2/c1-18(29)27-22-9-5-10-23(17-22)28-24(30)26-13-6-11-21-16-20(12-14-25-21)15-19-7-3-2-4-8-19/h2-5,7-10,17,20-21,25H,6,11-16H2,1H3,(H,27,29)(H2,26,28,30). The van der Waals surface area contributed by atoms with Gasteiger partial charge < -0.3 is 21.3 Å². The van der Waals surface area contributed by atoms with Crippen LogP contribution in [0.2, 0.25) is 0 Å². The highest BCUT2D eigenvalue weighted by Crippen LogP contribution is 2.23. The largest absolute Gasteiger partial charge is 0.338 e. The zero-order valence-electron chi connectivity index (χ0n) is 17.6. The Bertz CT molecular complexity index is 825. The number of hydrogen-bond acceptors (Lipinski definition) is 3. The van der Waals surface area contributed by atoms with E-state index in [1.54, 1.807) is 24.3 Å². The molecular formula is C24H32N4O2. The molecule has 1 aliphatic heterocycles. The molecule has 2 atom stereocenters. The first-order valence-corrected chi connectivity index (χ1v) is 10.8. The topological polar surface area (TPSA) is 82.3 Å². The Morgan fingerprint density at radius 2 is 1.80 bits per heavy atom. The lowest BCUT2D eigenvalue weighted by molar-refractivity contribution is -0.114. The Morgan fingerprint density at radius 3 is 2.57 bits per heavy atom. The molecule has 3 amide bonds. The maximum absolute atomic E-state index is 12.1. The Labute approximate surface area is 178 Å². The van der Waals surface area contributed by atoms with Gasteiger partial charge in [0, 0.05) is 30.9 Å². The van der Waals surface area contributed by atoms with Gasteiger partial charge in [-0.2, -0.15) is 0 Å². The fourth-order valence-corrected chi connectivity index (χ4v) is 4.05. The lowest BCUT2D eigenvalue weighted by atomic mass is 9.86. The fourth-order valence-electron chi connectivity index (χ4n) is 4.05. The third-order valence-electron chi connectivity index (χ3n) is 5.43. The van der Waals surface area contributed by atoms with Crippen LogP contribution in [-0.4, -0.2) is 31.1 Å². The van der Waals surface area contributed by atoms with Gasteiger partial charge in [-0.3, -0.25) is 4.79 Å². The normalized spacial score (nSPS) is 18.4. The van der Waals surface area contributed by atoms with Crippen LogP contribution < -0.4 is 21.3 Å². The zero-order chi connectivity index (χ0) is 21.2. The predicted molar refractivity (Wildman–Crippen MR) is 122 cm³/mol. The van der Waals surface area contributed by atoms with Gasteiger partial charge in [0.05, 0.1) is 0 Å². The minimum Gasteiger partial charge on any atom is -0.338 e. The van der Waals surface area contributed by atoms with E-state index in [1.165, 1.54) is 25.3 Å². The van der Waals surface area contributed by atoms with Gasteiger partial charge in [0.15, 0.2) is 0 Å². The van der Waals surface area contributed by atoms with Crippen LogP contribution in [0.5, 0.6) is 0 Å². The fraction of sp³-hybridized carbons (Fsp3) is 0.417. The summed E-state index contributed by atoms with van der Waals surface area (Å²) >= 11 is 0. The second-order valence-corrected chi connectivity index (χ2v) is 8.02. The number of urea groups is 1. The van der Waals surface area contributed by atoms with Crippen LogP contribution in [0.25, 0.3) is 0 Å². The van der Waals surface area contributed by atoms with E-state index in [-0.39, 0.29) is 11.9 Å². The van der Waals surface area contributed by atoms with Gasteiger partial charge in [0.2, 0.25) is 5.91 Å². The van der Waals surface area contributed by atoms with Crippen molar-refractivity contribution in [1.82, 2.24) is 10.6 Å². The molecule has 0 spiro atoms. The van der Waals surface area contributed by atoms with Gasteiger partial charge in [-0.15, -0.1) is 0 Å². The molecule has 0 bridgehead atoms. The molecule has 3 rings (SSSR count). The van der Waals surface area contributed by atoms with Crippen molar-refractivity contribution in [3.8, 4) is 0 Å². The summed E-state index contributed by atoms with van der Waals surface area (Å²) in [4.78, 5) is 23.3. The third kappa shape index (κ3) is 7.52. The van der Waals surface area contributed by atoms with Crippen LogP contribution in [0.4, 0.5) is 16.2 Å². The molecule has 0 aliphatic carbocycles. The van der Waals surface area contributed by atoms with Crippen molar-refractivity contribution in [2.24, 2.45) is 5.92 Å². The molecule has 0 aromatic heterocycles. The smallest absolute Gasteiger partial charge is 0.319 e. The number of carbonyl (C=O) groups is 2. The van der Waals surface area contributed by atoms with E-state index in [0.717, 1.165) is 31.7 Å². The average Bonchev–Trinajstić information content (AvgIpc) is 2.72. The summed E-state index contributed by atoms with van der Waals surface area (Å²) in [5, 5.41) is 12.1. The Hall–Kier alpha value is -2.86. The number of anilines is 2. The van der Waals surface area contributed by atoms with Crippen LogP contribution in [0.1, 0.15) is 38.2 Å². The van der Waals surface area contributed by atoms with Gasteiger partial charge in [-0.1, -0.05) is 36.4 Å². The van der Waals surface area contributed by atoms with Crippen molar-refractivity contribution in [2.75, 3.05) is 23.7 Å². The van der Waals surface area contributed by atoms with E-state index in [4.69, 9.17) is 0 Å². The molecule has 0 radical (unpaired) electrons. The van der Waals surface area contributed by atoms with Crippen LogP contribution in [0.15, 0.2) is 54.6 Å². The lowest BCUT2D eigenvalue weighted by Crippen LogP contribution is -2.39. The van der Waals surface area contributed by atoms with Crippen LogP contribution in [0, 0.1) is 5.92 Å². The summed E-state index contributed by atoms with van der Waals surface area (Å²) in [6.45, 7) is 3.16. The van der Waals surface area contributed by atoms with Gasteiger partial charge in [-0.25, -0.2) is 4.79 Å². The van der Waals surface area contributed by atoms with E-state index in [0.29, 0.717) is 24.0 Å². The van der Waals surface area contributed by atoms with Crippen molar-refractivity contribution in [1.29, 1.82) is 0 Å². The summed E-state index contributed by atoms with van der Waals surface area (Å²) in [5.41, 5.74) is 2.73. The molecule has 6 heteroatoms. The quantitative estimate of drug-likeness (QED) is 0.495. The maximum Gasteiger partial charge on any atom is 0.319 e. The van der Waals surface area contributed by atoms with Gasteiger partial charge >= 0.3 is 6.03 Å². The van der Waals surface area contributed by atoms with Crippen molar-refractivity contribution < 1.29 is 9.59 Å². The lowest BCUT2D eigenvalue weighted by Gasteiger charge is -2.30. The van der Waals surface area contributed by atoms with Crippen molar-refractivity contribution in [3.05, 3.63) is 60.2 Å². The highest BCUT2D eigenvalue weighted by Gasteiger charge is 2.21. The highest BCUT2D eigenvalue weighted by atomic mass is 16.2. The number of amides is 3. The van der Waals surface area contributed by atoms with E-state index >= 15 is 0 Å². The summed E-state index contributed by atoms with van der Waals surface area (Å²) in [6, 6.07) is 18.1. The highest BCUT2D eigenvalue weighted by molar-refractivity contribution is 5.92. The predicted octanol–water partition coefficient (Wildman–Crippen LogP) is 4.16. The SMILES string of the molecule is CC(=O)Nc1cccc(NC(=O)NCCCC2CC(Cc3ccccc3)CCN2)c1. The van der Waals surface area contributed by atoms with Gasteiger partial charge in [0.25, 0.3) is 0 Å². The molecule has 160 valence electrons. The zero-order valence-corrected chi connectivity index (χ0v) is 17.6. The van der Waals surface area contributed by atoms with E-state index < -0.39 is 0 Å². The summed E-state index contributed by atoms with van der Waals surface area (Å²) < 4.78 is 0. The molecule has 0 saturated carbocycles. The Kier molecular flexibility index (Phi) is 8.27. The van der Waals surface area contributed by atoms with Gasteiger partial charge in [-0.05, 0) is 68.3 Å². The second-order valence-electron chi connectivity index (χ2n) is 8.02. The molecule has 2 aromatic carbocycles. The first-order valence-electron chi connectivity index (χ1n) is 10.8. The average molecular weight is 409 g/mol. The minimum absolute atomic E-state index is 0.140. The minimum atomic E-state index is -0.228. The number of nitrogens with one attached hydrogen (secondary N) is 4. The van der Waals surface area contributed by atoms with E-state index in [2.05, 4.69) is 51.6 Å². The number of rotatable bonds is 8. The first-order chi connectivity index (χ1) is 14.6. The second kappa shape index (κ2) is 11.4. The Balaban J connectivity index is 1.34. The summed E-state index contributed by atoms with van der Waals surface area (Å²) in [5.74, 6) is 0.588. The molecule has 2 unspecified atom stereocenters. The first kappa shape index (κ1) is 21.8. The molecule has 1 aliphatic rings. The van der Waals surface area contributed by atoms with Gasteiger partial charge in [0.1, 0.15) is 0 Å².